The van der Waals surface area contributed by atoms with Gasteiger partial charge in [0, 0.05) is 22.6 Å². The van der Waals surface area contributed by atoms with Gasteiger partial charge in [-0.2, -0.15) is 0 Å². The van der Waals surface area contributed by atoms with E-state index in [-0.39, 0.29) is 41.2 Å². The number of hydrogen-bond donors (Lipinski definition) is 2. The molecule has 0 bridgehead atoms. The predicted octanol–water partition coefficient (Wildman–Crippen LogP) is 5.28. The first-order chi connectivity index (χ1) is 15.4. The molecule has 0 aliphatic carbocycles. The highest BCUT2D eigenvalue weighted by Crippen LogP contribution is 2.51. The smallest absolute Gasteiger partial charge is 0.312 e. The van der Waals surface area contributed by atoms with Gasteiger partial charge in [-0.15, -0.1) is 0 Å². The molecule has 0 spiro atoms. The molecule has 0 saturated heterocycles. The minimum absolute atomic E-state index is 0.0242. The number of ether oxygens (including phenoxy) is 1. The van der Waals surface area contributed by atoms with Crippen LogP contribution in [0, 0.1) is 0 Å². The highest BCUT2D eigenvalue weighted by molar-refractivity contribution is 6.14. The molecule has 2 N–H and O–H groups in total. The Kier molecular flexibility index (Phi) is 5.82. The summed E-state index contributed by atoms with van der Waals surface area (Å²) in [5, 5.41) is 22.3. The summed E-state index contributed by atoms with van der Waals surface area (Å²) in [5.74, 6) is -2.08. The maximum absolute atomic E-state index is 13.4. The summed E-state index contributed by atoms with van der Waals surface area (Å²) in [6.45, 7) is 3.83. The molecule has 162 valence electrons. The average Bonchev–Trinajstić information content (AvgIpc) is 2.79. The van der Waals surface area contributed by atoms with Crippen molar-refractivity contribution >= 4 is 11.8 Å². The molecule has 1 atom stereocenters. The van der Waals surface area contributed by atoms with Gasteiger partial charge >= 0.3 is 5.97 Å². The van der Waals surface area contributed by atoms with Crippen molar-refractivity contribution in [2.75, 3.05) is 0 Å². The second-order valence-corrected chi connectivity index (χ2v) is 8.12. The van der Waals surface area contributed by atoms with Crippen LogP contribution in [0.2, 0.25) is 0 Å². The molecule has 3 aromatic carbocycles. The van der Waals surface area contributed by atoms with Crippen molar-refractivity contribution in [3.63, 3.8) is 0 Å². The van der Waals surface area contributed by atoms with Crippen molar-refractivity contribution in [3.8, 4) is 17.2 Å². The van der Waals surface area contributed by atoms with Crippen LogP contribution >= 0.6 is 0 Å². The van der Waals surface area contributed by atoms with Crippen molar-refractivity contribution in [1.82, 2.24) is 0 Å². The van der Waals surface area contributed by atoms with Crippen LogP contribution < -0.4 is 4.74 Å². The largest absolute Gasteiger partial charge is 0.507 e. The van der Waals surface area contributed by atoms with Gasteiger partial charge in [0.25, 0.3) is 0 Å². The van der Waals surface area contributed by atoms with Gasteiger partial charge in [-0.05, 0) is 25.8 Å². The fourth-order valence-electron chi connectivity index (χ4n) is 4.04. The third kappa shape index (κ3) is 3.89. The van der Waals surface area contributed by atoms with Gasteiger partial charge in [0.05, 0.1) is 6.42 Å². The number of carbonyl (C=O) groups excluding carboxylic acids is 2. The number of rotatable bonds is 5. The minimum Gasteiger partial charge on any atom is -0.507 e. The lowest BCUT2D eigenvalue weighted by molar-refractivity contribution is -0.135. The average molecular weight is 428 g/mol. The standard InChI is InChI=1S/C27H24O5/c1-16(2)13-14-19-25(30)22-20(17-9-5-3-6-10-17)15-21(28)32-27(22)23(26(19)31)24(29)18-11-7-4-8-12-18/h3-13,20,30-31H,14-15H2,1-2H3. The number of aromatic hydroxyl groups is 2. The molecule has 0 amide bonds. The van der Waals surface area contributed by atoms with Crippen molar-refractivity contribution < 1.29 is 24.5 Å². The maximum Gasteiger partial charge on any atom is 0.312 e. The van der Waals surface area contributed by atoms with Gasteiger partial charge in [-0.3, -0.25) is 9.59 Å². The Morgan fingerprint density at radius 2 is 1.62 bits per heavy atom. The molecule has 0 aromatic heterocycles. The summed E-state index contributed by atoms with van der Waals surface area (Å²) in [5.41, 5.74) is 2.66. The van der Waals surface area contributed by atoms with Crippen molar-refractivity contribution in [2.24, 2.45) is 0 Å². The fraction of sp³-hybridized carbons (Fsp3) is 0.185. The maximum atomic E-state index is 13.4. The Balaban J connectivity index is 2.02. The molecule has 1 heterocycles. The predicted molar refractivity (Wildman–Crippen MR) is 121 cm³/mol. The molecular weight excluding hydrogens is 404 g/mol. The summed E-state index contributed by atoms with van der Waals surface area (Å²) in [4.78, 5) is 26.0. The van der Waals surface area contributed by atoms with E-state index in [0.717, 1.165) is 11.1 Å². The lowest BCUT2D eigenvalue weighted by atomic mass is 9.81. The van der Waals surface area contributed by atoms with Crippen LogP contribution in [-0.2, 0) is 11.2 Å². The molecule has 4 rings (SSSR count). The summed E-state index contributed by atoms with van der Waals surface area (Å²) < 4.78 is 5.50. The Bertz CT molecular complexity index is 1210. The van der Waals surface area contributed by atoms with Crippen LogP contribution in [0.3, 0.4) is 0 Å². The second-order valence-electron chi connectivity index (χ2n) is 8.12. The Morgan fingerprint density at radius 3 is 2.25 bits per heavy atom. The molecule has 5 nitrogen and oxygen atoms in total. The van der Waals surface area contributed by atoms with Gasteiger partial charge in [-0.25, -0.2) is 0 Å². The van der Waals surface area contributed by atoms with Crippen molar-refractivity contribution in [3.05, 3.63) is 100 Å². The van der Waals surface area contributed by atoms with E-state index in [2.05, 4.69) is 0 Å². The van der Waals surface area contributed by atoms with Crippen LogP contribution in [-0.4, -0.2) is 22.0 Å². The summed E-state index contributed by atoms with van der Waals surface area (Å²) >= 11 is 0. The van der Waals surface area contributed by atoms with E-state index in [1.54, 1.807) is 30.3 Å². The summed E-state index contributed by atoms with van der Waals surface area (Å²) in [7, 11) is 0. The zero-order chi connectivity index (χ0) is 22.8. The number of allylic oxidation sites excluding steroid dienone is 2. The van der Waals surface area contributed by atoms with Gasteiger partial charge in [0.1, 0.15) is 17.1 Å². The van der Waals surface area contributed by atoms with Gasteiger partial charge in [0.15, 0.2) is 5.75 Å². The second kappa shape index (κ2) is 8.71. The lowest BCUT2D eigenvalue weighted by Gasteiger charge is -2.29. The summed E-state index contributed by atoms with van der Waals surface area (Å²) in [6, 6.07) is 17.8. The Morgan fingerprint density at radius 1 is 1.00 bits per heavy atom. The van der Waals surface area contributed by atoms with Gasteiger partial charge in [-0.1, -0.05) is 72.3 Å². The number of phenols is 2. The summed E-state index contributed by atoms with van der Waals surface area (Å²) in [6.07, 6.45) is 2.12. The normalized spacial score (nSPS) is 14.9. The van der Waals surface area contributed by atoms with E-state index in [4.69, 9.17) is 4.74 Å². The monoisotopic (exact) mass is 428 g/mol. The number of hydrogen-bond acceptors (Lipinski definition) is 5. The molecule has 1 aliphatic rings. The SMILES string of the molecule is CC(C)=CCc1c(O)c(C(=O)c2ccccc2)c2c(c1O)C(c1ccccc1)CC(=O)O2. The first kappa shape index (κ1) is 21.4. The molecule has 0 saturated carbocycles. The molecule has 32 heavy (non-hydrogen) atoms. The van der Waals surface area contributed by atoms with E-state index in [1.165, 1.54) is 0 Å². The zero-order valence-electron chi connectivity index (χ0n) is 18.0. The van der Waals surface area contributed by atoms with Crippen LogP contribution in [0.15, 0.2) is 72.3 Å². The van der Waals surface area contributed by atoms with E-state index < -0.39 is 17.7 Å². The molecule has 5 heteroatoms. The first-order valence-corrected chi connectivity index (χ1v) is 10.5. The van der Waals surface area contributed by atoms with Crippen molar-refractivity contribution in [2.45, 2.75) is 32.6 Å². The fourth-order valence-corrected chi connectivity index (χ4v) is 4.04. The Labute approximate surface area is 186 Å². The molecule has 3 aromatic rings. The molecule has 1 unspecified atom stereocenters. The van der Waals surface area contributed by atoms with Crippen molar-refractivity contribution in [1.29, 1.82) is 0 Å². The number of phenolic OH excluding ortho intramolecular Hbond substituents is 2. The van der Waals surface area contributed by atoms with Crippen LogP contribution in [0.4, 0.5) is 0 Å². The van der Waals surface area contributed by atoms with E-state index in [1.807, 2.05) is 50.3 Å². The van der Waals surface area contributed by atoms with Gasteiger partial charge in [0.2, 0.25) is 5.78 Å². The third-order valence-corrected chi connectivity index (χ3v) is 5.65. The van der Waals surface area contributed by atoms with Gasteiger partial charge < -0.3 is 14.9 Å². The number of ketones is 1. The zero-order valence-corrected chi connectivity index (χ0v) is 18.0. The Hall–Kier alpha value is -3.86. The lowest BCUT2D eigenvalue weighted by Crippen LogP contribution is -2.24. The quantitative estimate of drug-likeness (QED) is 0.250. The van der Waals surface area contributed by atoms with E-state index in [9.17, 15) is 19.8 Å². The van der Waals surface area contributed by atoms with E-state index in [0.29, 0.717) is 11.1 Å². The molecule has 0 fully saturated rings. The van der Waals surface area contributed by atoms with E-state index >= 15 is 0 Å². The number of benzene rings is 3. The minimum atomic E-state index is -0.524. The highest BCUT2D eigenvalue weighted by Gasteiger charge is 2.38. The number of carbonyl (C=O) groups is 2. The number of fused-ring (bicyclic) bond motifs is 1. The molecule has 0 radical (unpaired) electrons. The number of esters is 1. The highest BCUT2D eigenvalue weighted by atomic mass is 16.5. The molecular formula is C27H24O5. The van der Waals surface area contributed by atoms with Crippen LogP contribution in [0.5, 0.6) is 17.2 Å². The van der Waals surface area contributed by atoms with Crippen LogP contribution in [0.1, 0.15) is 58.8 Å². The first-order valence-electron chi connectivity index (χ1n) is 10.5. The third-order valence-electron chi connectivity index (χ3n) is 5.65. The van der Waals surface area contributed by atoms with Crippen LogP contribution in [0.25, 0.3) is 0 Å². The molecule has 1 aliphatic heterocycles. The topological polar surface area (TPSA) is 83.8 Å².